The van der Waals surface area contributed by atoms with Gasteiger partial charge in [-0.1, -0.05) is 13.8 Å². The van der Waals surface area contributed by atoms with Gasteiger partial charge in [0.15, 0.2) is 0 Å². The number of nitrogen functional groups attached to an aromatic ring is 1. The number of likely N-dealkylation sites (N-methyl/N-ethyl adjacent to an activating group) is 1. The molecule has 2 aliphatic rings. The summed E-state index contributed by atoms with van der Waals surface area (Å²) in [6, 6.07) is 1.74. The standard InChI is InChI=1S/C18H28N6O2/c1-12(2)10-13-11-14(22-17(19)21-13)15(25)24-7-4-18(5-8-24)16(26)20-6-9-23(18)3/h11-12H,4-10H2,1-3H3,(H,20,26)(H2,19,21,22). The molecular weight excluding hydrogens is 332 g/mol. The number of carbonyl (C=O) groups is 2. The van der Waals surface area contributed by atoms with Crippen LogP contribution in [0.4, 0.5) is 5.95 Å². The minimum Gasteiger partial charge on any atom is -0.368 e. The highest BCUT2D eigenvalue weighted by molar-refractivity contribution is 5.93. The molecule has 2 fully saturated rings. The normalized spacial score (nSPS) is 20.5. The van der Waals surface area contributed by atoms with Crippen LogP contribution in [0.3, 0.4) is 0 Å². The maximum atomic E-state index is 12.9. The maximum absolute atomic E-state index is 12.9. The van der Waals surface area contributed by atoms with Crippen LogP contribution in [-0.2, 0) is 11.2 Å². The third kappa shape index (κ3) is 3.51. The van der Waals surface area contributed by atoms with Gasteiger partial charge >= 0.3 is 0 Å². The Balaban J connectivity index is 1.72. The Bertz CT molecular complexity index is 697. The van der Waals surface area contributed by atoms with Crippen molar-refractivity contribution in [2.24, 2.45) is 5.92 Å². The Kier molecular flexibility index (Phi) is 5.13. The van der Waals surface area contributed by atoms with E-state index in [-0.39, 0.29) is 17.8 Å². The van der Waals surface area contributed by atoms with Crippen LogP contribution in [0.5, 0.6) is 0 Å². The number of likely N-dealkylation sites (tertiary alicyclic amines) is 1. The molecule has 2 saturated heterocycles. The number of anilines is 1. The van der Waals surface area contributed by atoms with Crippen molar-refractivity contribution in [1.29, 1.82) is 0 Å². The number of piperidine rings is 1. The Morgan fingerprint density at radius 1 is 1.31 bits per heavy atom. The number of amides is 2. The first-order chi connectivity index (χ1) is 12.3. The van der Waals surface area contributed by atoms with E-state index in [9.17, 15) is 9.59 Å². The zero-order chi connectivity index (χ0) is 18.9. The lowest BCUT2D eigenvalue weighted by molar-refractivity contribution is -0.139. The van der Waals surface area contributed by atoms with Gasteiger partial charge in [0.1, 0.15) is 11.2 Å². The first kappa shape index (κ1) is 18.6. The fraction of sp³-hybridized carbons (Fsp3) is 0.667. The first-order valence-corrected chi connectivity index (χ1v) is 9.24. The van der Waals surface area contributed by atoms with E-state index >= 15 is 0 Å². The van der Waals surface area contributed by atoms with Gasteiger partial charge in [0.05, 0.1) is 0 Å². The molecule has 8 heteroatoms. The number of nitrogens with zero attached hydrogens (tertiary/aromatic N) is 4. The van der Waals surface area contributed by atoms with Crippen LogP contribution in [0.15, 0.2) is 6.07 Å². The molecule has 0 aliphatic carbocycles. The number of nitrogens with one attached hydrogen (secondary N) is 1. The Labute approximate surface area is 154 Å². The number of hydrogen-bond acceptors (Lipinski definition) is 6. The highest BCUT2D eigenvalue weighted by Gasteiger charge is 2.47. The minimum atomic E-state index is -0.497. The van der Waals surface area contributed by atoms with E-state index in [0.717, 1.165) is 18.7 Å². The summed E-state index contributed by atoms with van der Waals surface area (Å²) in [6.45, 7) is 6.75. The van der Waals surface area contributed by atoms with Gasteiger partial charge in [0.25, 0.3) is 5.91 Å². The fourth-order valence-corrected chi connectivity index (χ4v) is 3.89. The summed E-state index contributed by atoms with van der Waals surface area (Å²) in [5.41, 5.74) is 6.43. The van der Waals surface area contributed by atoms with Gasteiger partial charge < -0.3 is 16.0 Å². The van der Waals surface area contributed by atoms with Gasteiger partial charge in [-0.15, -0.1) is 0 Å². The van der Waals surface area contributed by atoms with Crippen LogP contribution in [0.2, 0.25) is 0 Å². The molecule has 2 amide bonds. The molecule has 0 aromatic carbocycles. The van der Waals surface area contributed by atoms with Gasteiger partial charge in [-0.3, -0.25) is 14.5 Å². The van der Waals surface area contributed by atoms with Gasteiger partial charge in [-0.05, 0) is 38.3 Å². The largest absolute Gasteiger partial charge is 0.368 e. The molecule has 1 spiro atoms. The average Bonchev–Trinajstić information content (AvgIpc) is 2.58. The molecule has 0 radical (unpaired) electrons. The summed E-state index contributed by atoms with van der Waals surface area (Å²) in [5.74, 6) is 0.482. The summed E-state index contributed by atoms with van der Waals surface area (Å²) in [5, 5.41) is 2.96. The van der Waals surface area contributed by atoms with Crippen LogP contribution in [0, 0.1) is 5.92 Å². The van der Waals surface area contributed by atoms with Crippen LogP contribution < -0.4 is 11.1 Å². The second-order valence-electron chi connectivity index (χ2n) is 7.70. The summed E-state index contributed by atoms with van der Waals surface area (Å²) in [6.07, 6.45) is 2.00. The topological polar surface area (TPSA) is 104 Å². The minimum absolute atomic E-state index is 0.0730. The molecular formula is C18H28N6O2. The maximum Gasteiger partial charge on any atom is 0.272 e. The molecule has 3 heterocycles. The first-order valence-electron chi connectivity index (χ1n) is 9.24. The monoisotopic (exact) mass is 360 g/mol. The van der Waals surface area contributed by atoms with Crippen molar-refractivity contribution in [3.05, 3.63) is 17.5 Å². The average molecular weight is 360 g/mol. The molecule has 0 atom stereocenters. The molecule has 142 valence electrons. The molecule has 2 aliphatic heterocycles. The molecule has 3 N–H and O–H groups in total. The number of nitrogens with two attached hydrogens (primary N) is 1. The predicted molar refractivity (Wildman–Crippen MR) is 98.5 cm³/mol. The number of aromatic nitrogens is 2. The molecule has 1 aromatic rings. The van der Waals surface area contributed by atoms with E-state index < -0.39 is 5.54 Å². The Morgan fingerprint density at radius 2 is 2.00 bits per heavy atom. The summed E-state index contributed by atoms with van der Waals surface area (Å²) in [7, 11) is 1.99. The molecule has 1 aromatic heterocycles. The SMILES string of the molecule is CC(C)Cc1cc(C(=O)N2CCC3(CC2)C(=O)NCCN3C)nc(N)n1. The van der Waals surface area contributed by atoms with Crippen molar-refractivity contribution >= 4 is 17.8 Å². The second-order valence-corrected chi connectivity index (χ2v) is 7.70. The third-order valence-corrected chi connectivity index (χ3v) is 5.40. The van der Waals surface area contributed by atoms with Crippen LogP contribution in [0.1, 0.15) is 42.9 Å². The second kappa shape index (κ2) is 7.19. The molecule has 26 heavy (non-hydrogen) atoms. The van der Waals surface area contributed by atoms with E-state index in [0.29, 0.717) is 44.1 Å². The number of hydrogen-bond donors (Lipinski definition) is 2. The highest BCUT2D eigenvalue weighted by atomic mass is 16.2. The third-order valence-electron chi connectivity index (χ3n) is 5.40. The van der Waals surface area contributed by atoms with Crippen LogP contribution >= 0.6 is 0 Å². The Morgan fingerprint density at radius 3 is 2.62 bits per heavy atom. The van der Waals surface area contributed by atoms with Crippen molar-refractivity contribution in [2.45, 2.75) is 38.6 Å². The molecule has 8 nitrogen and oxygen atoms in total. The van der Waals surface area contributed by atoms with Gasteiger partial charge in [-0.25, -0.2) is 9.97 Å². The Hall–Kier alpha value is -2.22. The quantitative estimate of drug-likeness (QED) is 0.803. The zero-order valence-corrected chi connectivity index (χ0v) is 15.8. The van der Waals surface area contributed by atoms with E-state index in [1.165, 1.54) is 0 Å². The van der Waals surface area contributed by atoms with Gasteiger partial charge in [0.2, 0.25) is 11.9 Å². The number of carbonyl (C=O) groups excluding carboxylic acids is 2. The van der Waals surface area contributed by atoms with Crippen molar-refractivity contribution in [3.8, 4) is 0 Å². The van der Waals surface area contributed by atoms with E-state index in [4.69, 9.17) is 5.73 Å². The fourth-order valence-electron chi connectivity index (χ4n) is 3.89. The van der Waals surface area contributed by atoms with Gasteiger partial charge in [0, 0.05) is 31.9 Å². The van der Waals surface area contributed by atoms with Crippen LogP contribution in [0.25, 0.3) is 0 Å². The lowest BCUT2D eigenvalue weighted by Gasteiger charge is -2.48. The van der Waals surface area contributed by atoms with E-state index in [2.05, 4.69) is 34.0 Å². The predicted octanol–water partition coefficient (Wildman–Crippen LogP) is 0.294. The van der Waals surface area contributed by atoms with E-state index in [1.807, 2.05) is 7.05 Å². The number of piperazine rings is 1. The lowest BCUT2D eigenvalue weighted by atomic mass is 9.83. The van der Waals surface area contributed by atoms with Crippen molar-refractivity contribution in [2.75, 3.05) is 39.0 Å². The van der Waals surface area contributed by atoms with Crippen molar-refractivity contribution in [3.63, 3.8) is 0 Å². The summed E-state index contributed by atoms with van der Waals surface area (Å²) >= 11 is 0. The smallest absolute Gasteiger partial charge is 0.272 e. The van der Waals surface area contributed by atoms with E-state index in [1.54, 1.807) is 11.0 Å². The summed E-state index contributed by atoms with van der Waals surface area (Å²) < 4.78 is 0. The van der Waals surface area contributed by atoms with Crippen molar-refractivity contribution < 1.29 is 9.59 Å². The lowest BCUT2D eigenvalue weighted by Crippen LogP contribution is -2.67. The molecule has 0 unspecified atom stereocenters. The molecule has 0 bridgehead atoms. The van der Waals surface area contributed by atoms with Crippen molar-refractivity contribution in [1.82, 2.24) is 25.1 Å². The number of rotatable bonds is 3. The summed E-state index contributed by atoms with van der Waals surface area (Å²) in [4.78, 5) is 37.6. The highest BCUT2D eigenvalue weighted by Crippen LogP contribution is 2.30. The zero-order valence-electron chi connectivity index (χ0n) is 15.8. The van der Waals surface area contributed by atoms with Crippen LogP contribution in [-0.4, -0.2) is 70.3 Å². The molecule has 3 rings (SSSR count). The van der Waals surface area contributed by atoms with Gasteiger partial charge in [-0.2, -0.15) is 0 Å². The molecule has 0 saturated carbocycles.